The van der Waals surface area contributed by atoms with Gasteiger partial charge in [-0.3, -0.25) is 0 Å². The Bertz CT molecular complexity index is 576. The molecule has 124 valence electrons. The number of unbranched alkanes of at least 4 members (excludes halogenated alkanes) is 4. The van der Waals surface area contributed by atoms with E-state index >= 15 is 0 Å². The van der Waals surface area contributed by atoms with Gasteiger partial charge in [0, 0.05) is 0 Å². The van der Waals surface area contributed by atoms with E-state index in [1.807, 2.05) is 26.0 Å². The number of aryl methyl sites for hydroxylation is 4. The Kier molecular flexibility index (Phi) is 6.52. The Hall–Kier alpha value is -1.96. The van der Waals surface area contributed by atoms with Gasteiger partial charge in [-0.15, -0.1) is 0 Å². The van der Waals surface area contributed by atoms with Crippen molar-refractivity contribution in [3.63, 3.8) is 0 Å². The summed E-state index contributed by atoms with van der Waals surface area (Å²) in [6.07, 6.45) is 8.40. The van der Waals surface area contributed by atoms with E-state index in [2.05, 4.69) is 12.1 Å². The fourth-order valence-electron chi connectivity index (χ4n) is 2.93. The second kappa shape index (κ2) is 8.61. The summed E-state index contributed by atoms with van der Waals surface area (Å²) in [6.45, 7) is 3.90. The number of hydrogen-bond donors (Lipinski definition) is 2. The highest BCUT2D eigenvalue weighted by Gasteiger charge is 2.00. The van der Waals surface area contributed by atoms with E-state index in [0.717, 1.165) is 24.0 Å². The highest BCUT2D eigenvalue weighted by molar-refractivity contribution is 5.35. The molecule has 2 heteroatoms. The summed E-state index contributed by atoms with van der Waals surface area (Å²) in [6, 6.07) is 11.8. The maximum absolute atomic E-state index is 9.52. The first kappa shape index (κ1) is 17.4. The minimum Gasteiger partial charge on any atom is -0.508 e. The van der Waals surface area contributed by atoms with Crippen molar-refractivity contribution in [3.05, 3.63) is 58.7 Å². The zero-order valence-electron chi connectivity index (χ0n) is 14.3. The van der Waals surface area contributed by atoms with Crippen molar-refractivity contribution in [2.24, 2.45) is 0 Å². The summed E-state index contributed by atoms with van der Waals surface area (Å²) >= 11 is 0. The largest absolute Gasteiger partial charge is 0.508 e. The topological polar surface area (TPSA) is 40.5 Å². The zero-order valence-corrected chi connectivity index (χ0v) is 14.3. The molecule has 0 saturated carbocycles. The van der Waals surface area contributed by atoms with Crippen molar-refractivity contribution in [2.75, 3.05) is 0 Å². The molecule has 2 aromatic rings. The number of aromatic hydroxyl groups is 2. The van der Waals surface area contributed by atoms with Crippen molar-refractivity contribution in [3.8, 4) is 11.5 Å². The van der Waals surface area contributed by atoms with E-state index in [0.29, 0.717) is 11.5 Å². The van der Waals surface area contributed by atoms with Gasteiger partial charge >= 0.3 is 0 Å². The molecule has 0 unspecified atom stereocenters. The average Bonchev–Trinajstić information content (AvgIpc) is 2.53. The van der Waals surface area contributed by atoms with Crippen LogP contribution in [0.25, 0.3) is 0 Å². The highest BCUT2D eigenvalue weighted by atomic mass is 16.3. The van der Waals surface area contributed by atoms with E-state index in [1.54, 1.807) is 12.1 Å². The van der Waals surface area contributed by atoms with Gasteiger partial charge in [0.05, 0.1) is 0 Å². The highest BCUT2D eigenvalue weighted by Crippen LogP contribution is 2.20. The lowest BCUT2D eigenvalue weighted by Gasteiger charge is -2.06. The van der Waals surface area contributed by atoms with Gasteiger partial charge in [0.1, 0.15) is 11.5 Å². The maximum atomic E-state index is 9.52. The fourth-order valence-corrected chi connectivity index (χ4v) is 2.93. The first-order valence-electron chi connectivity index (χ1n) is 8.63. The van der Waals surface area contributed by atoms with Gasteiger partial charge in [-0.25, -0.2) is 0 Å². The zero-order chi connectivity index (χ0) is 16.7. The van der Waals surface area contributed by atoms with Crippen LogP contribution in [0, 0.1) is 13.8 Å². The Balaban J connectivity index is 1.58. The molecule has 0 aliphatic heterocycles. The molecule has 0 atom stereocenters. The molecule has 0 spiro atoms. The molecule has 2 N–H and O–H groups in total. The van der Waals surface area contributed by atoms with Gasteiger partial charge in [-0.05, 0) is 73.9 Å². The lowest BCUT2D eigenvalue weighted by Crippen LogP contribution is -1.89. The minimum absolute atomic E-state index is 0.387. The minimum atomic E-state index is 0.387. The standard InChI is InChI=1S/C21H28O2/c1-16-14-18(10-12-20(16)22)8-6-4-3-5-7-9-19-11-13-21(23)17(2)15-19/h10-15,22-23H,3-9H2,1-2H3. The van der Waals surface area contributed by atoms with Crippen molar-refractivity contribution in [2.45, 2.75) is 58.8 Å². The monoisotopic (exact) mass is 312 g/mol. The average molecular weight is 312 g/mol. The third kappa shape index (κ3) is 5.63. The first-order valence-corrected chi connectivity index (χ1v) is 8.63. The smallest absolute Gasteiger partial charge is 0.118 e. The second-order valence-corrected chi connectivity index (χ2v) is 6.51. The summed E-state index contributed by atoms with van der Waals surface area (Å²) in [5.41, 5.74) is 4.57. The summed E-state index contributed by atoms with van der Waals surface area (Å²) < 4.78 is 0. The summed E-state index contributed by atoms with van der Waals surface area (Å²) in [4.78, 5) is 0. The maximum Gasteiger partial charge on any atom is 0.118 e. The molecular weight excluding hydrogens is 284 g/mol. The fraction of sp³-hybridized carbons (Fsp3) is 0.429. The number of benzene rings is 2. The number of phenols is 2. The van der Waals surface area contributed by atoms with Crippen molar-refractivity contribution in [1.29, 1.82) is 0 Å². The van der Waals surface area contributed by atoms with Crippen molar-refractivity contribution in [1.82, 2.24) is 0 Å². The van der Waals surface area contributed by atoms with E-state index in [9.17, 15) is 10.2 Å². The Morgan fingerprint density at radius 2 is 1.00 bits per heavy atom. The second-order valence-electron chi connectivity index (χ2n) is 6.51. The van der Waals surface area contributed by atoms with Crippen LogP contribution in [-0.2, 0) is 12.8 Å². The molecule has 0 aromatic heterocycles. The van der Waals surface area contributed by atoms with Crippen LogP contribution in [-0.4, -0.2) is 10.2 Å². The molecule has 0 heterocycles. The number of rotatable bonds is 8. The van der Waals surface area contributed by atoms with Gasteiger partial charge in [0.2, 0.25) is 0 Å². The van der Waals surface area contributed by atoms with Crippen LogP contribution in [0.1, 0.15) is 54.4 Å². The quantitative estimate of drug-likeness (QED) is 0.636. The van der Waals surface area contributed by atoms with Crippen molar-refractivity contribution < 1.29 is 10.2 Å². The summed E-state index contributed by atoms with van der Waals surface area (Å²) in [5, 5.41) is 19.0. The summed E-state index contributed by atoms with van der Waals surface area (Å²) in [7, 11) is 0. The van der Waals surface area contributed by atoms with Gasteiger partial charge in [-0.1, -0.05) is 43.5 Å². The predicted molar refractivity (Wildman–Crippen MR) is 96.2 cm³/mol. The van der Waals surface area contributed by atoms with Crippen LogP contribution < -0.4 is 0 Å². The van der Waals surface area contributed by atoms with E-state index in [4.69, 9.17) is 0 Å². The predicted octanol–water partition coefficient (Wildman–Crippen LogP) is 5.45. The molecule has 0 aliphatic rings. The molecule has 0 aliphatic carbocycles. The normalized spacial score (nSPS) is 10.9. The molecular formula is C21H28O2. The van der Waals surface area contributed by atoms with Crippen LogP contribution in [0.2, 0.25) is 0 Å². The molecule has 0 saturated heterocycles. The molecule has 23 heavy (non-hydrogen) atoms. The SMILES string of the molecule is Cc1cc(CCCCCCCc2ccc(O)c(C)c2)ccc1O. The summed E-state index contributed by atoms with van der Waals surface area (Å²) in [5.74, 6) is 0.774. The lowest BCUT2D eigenvalue weighted by molar-refractivity contribution is 0.470. The van der Waals surface area contributed by atoms with E-state index in [1.165, 1.54) is 43.2 Å². The molecule has 0 fully saturated rings. The molecule has 2 nitrogen and oxygen atoms in total. The third-order valence-electron chi connectivity index (χ3n) is 4.45. The Labute approximate surface area is 139 Å². The van der Waals surface area contributed by atoms with Gasteiger partial charge in [-0.2, -0.15) is 0 Å². The molecule has 0 radical (unpaired) electrons. The Morgan fingerprint density at radius 3 is 1.39 bits per heavy atom. The number of phenolic OH excluding ortho intramolecular Hbond substituents is 2. The van der Waals surface area contributed by atoms with Crippen LogP contribution in [0.3, 0.4) is 0 Å². The Morgan fingerprint density at radius 1 is 0.609 bits per heavy atom. The van der Waals surface area contributed by atoms with Gasteiger partial charge < -0.3 is 10.2 Å². The van der Waals surface area contributed by atoms with Crippen LogP contribution in [0.15, 0.2) is 36.4 Å². The third-order valence-corrected chi connectivity index (χ3v) is 4.45. The molecule has 2 aromatic carbocycles. The van der Waals surface area contributed by atoms with Crippen LogP contribution in [0.5, 0.6) is 11.5 Å². The number of hydrogen-bond acceptors (Lipinski definition) is 2. The lowest BCUT2D eigenvalue weighted by atomic mass is 10.0. The molecule has 2 rings (SSSR count). The van der Waals surface area contributed by atoms with Gasteiger partial charge in [0.25, 0.3) is 0 Å². The van der Waals surface area contributed by atoms with E-state index < -0.39 is 0 Å². The van der Waals surface area contributed by atoms with Crippen LogP contribution >= 0.6 is 0 Å². The van der Waals surface area contributed by atoms with Gasteiger partial charge in [0.15, 0.2) is 0 Å². The van der Waals surface area contributed by atoms with E-state index in [-0.39, 0.29) is 0 Å². The molecule has 0 amide bonds. The first-order chi connectivity index (χ1) is 11.1. The molecule has 0 bridgehead atoms. The van der Waals surface area contributed by atoms with Crippen LogP contribution in [0.4, 0.5) is 0 Å². The van der Waals surface area contributed by atoms with Crippen molar-refractivity contribution >= 4 is 0 Å².